The van der Waals surface area contributed by atoms with E-state index in [1.54, 1.807) is 7.11 Å². The number of piperidine rings is 1. The predicted molar refractivity (Wildman–Crippen MR) is 87.3 cm³/mol. The van der Waals surface area contributed by atoms with E-state index in [9.17, 15) is 0 Å². The summed E-state index contributed by atoms with van der Waals surface area (Å²) in [4.78, 5) is 2.39. The second-order valence-electron chi connectivity index (χ2n) is 6.64. The van der Waals surface area contributed by atoms with E-state index in [4.69, 9.17) is 9.47 Å². The molecule has 0 aliphatic carbocycles. The van der Waals surface area contributed by atoms with Gasteiger partial charge in [-0.1, -0.05) is 19.9 Å². The predicted octanol–water partition coefficient (Wildman–Crippen LogP) is 3.61. The largest absolute Gasteiger partial charge is 0.493 e. The molecule has 0 amide bonds. The Hall–Kier alpha value is -1.22. The summed E-state index contributed by atoms with van der Waals surface area (Å²) in [6, 6.07) is 6.34. The van der Waals surface area contributed by atoms with Gasteiger partial charge in [-0.3, -0.25) is 0 Å². The molecule has 21 heavy (non-hydrogen) atoms. The lowest BCUT2D eigenvalue weighted by Gasteiger charge is -2.28. The van der Waals surface area contributed by atoms with Gasteiger partial charge in [0.2, 0.25) is 0 Å². The van der Waals surface area contributed by atoms with E-state index >= 15 is 0 Å². The van der Waals surface area contributed by atoms with Gasteiger partial charge in [-0.25, -0.2) is 0 Å². The highest BCUT2D eigenvalue weighted by atomic mass is 16.5. The minimum absolute atomic E-state index is 0.653. The van der Waals surface area contributed by atoms with Gasteiger partial charge < -0.3 is 14.4 Å². The third kappa shape index (κ3) is 4.92. The molecule has 0 aromatic heterocycles. The fourth-order valence-corrected chi connectivity index (χ4v) is 2.87. The highest BCUT2D eigenvalue weighted by molar-refractivity contribution is 5.43. The molecule has 0 atom stereocenters. The van der Waals surface area contributed by atoms with Crippen LogP contribution in [0, 0.1) is 11.8 Å². The van der Waals surface area contributed by atoms with Crippen LogP contribution in [0.25, 0.3) is 0 Å². The SMILES string of the molecule is COc1cc(CC(C)C)ccc1OCC1CCN(C)CC1. The average molecular weight is 291 g/mol. The molecule has 1 aliphatic heterocycles. The van der Waals surface area contributed by atoms with Gasteiger partial charge in [-0.2, -0.15) is 0 Å². The standard InChI is InChI=1S/C18H29NO2/c1-14(2)11-16-5-6-17(18(12-16)20-4)21-13-15-7-9-19(3)10-8-15/h5-6,12,14-15H,7-11,13H2,1-4H3. The van der Waals surface area contributed by atoms with E-state index in [0.29, 0.717) is 11.8 Å². The summed E-state index contributed by atoms with van der Waals surface area (Å²) >= 11 is 0. The molecule has 1 saturated heterocycles. The van der Waals surface area contributed by atoms with Crippen LogP contribution in [0.15, 0.2) is 18.2 Å². The molecular weight excluding hydrogens is 262 g/mol. The summed E-state index contributed by atoms with van der Waals surface area (Å²) < 4.78 is 11.5. The van der Waals surface area contributed by atoms with Crippen LogP contribution in [0.5, 0.6) is 11.5 Å². The molecule has 1 aliphatic rings. The monoisotopic (exact) mass is 291 g/mol. The first kappa shape index (κ1) is 16.2. The second-order valence-corrected chi connectivity index (χ2v) is 6.64. The summed E-state index contributed by atoms with van der Waals surface area (Å²) in [6.07, 6.45) is 3.53. The first-order valence-corrected chi connectivity index (χ1v) is 8.06. The maximum Gasteiger partial charge on any atom is 0.161 e. The molecule has 3 heteroatoms. The maximum absolute atomic E-state index is 6.02. The zero-order valence-electron chi connectivity index (χ0n) is 13.9. The van der Waals surface area contributed by atoms with E-state index in [2.05, 4.69) is 44.0 Å². The number of likely N-dealkylation sites (tertiary alicyclic amines) is 1. The Morgan fingerprint density at radius 3 is 2.52 bits per heavy atom. The lowest BCUT2D eigenvalue weighted by atomic mass is 9.98. The summed E-state index contributed by atoms with van der Waals surface area (Å²) in [5.41, 5.74) is 1.31. The van der Waals surface area contributed by atoms with E-state index in [-0.39, 0.29) is 0 Å². The second kappa shape index (κ2) is 7.69. The Kier molecular flexibility index (Phi) is 5.92. The molecule has 0 unspecified atom stereocenters. The first-order valence-electron chi connectivity index (χ1n) is 8.06. The summed E-state index contributed by atoms with van der Waals surface area (Å²) in [6.45, 7) is 7.62. The van der Waals surface area contributed by atoms with Crippen LogP contribution in [0.2, 0.25) is 0 Å². The van der Waals surface area contributed by atoms with Crippen molar-refractivity contribution in [3.63, 3.8) is 0 Å². The Morgan fingerprint density at radius 1 is 1.19 bits per heavy atom. The van der Waals surface area contributed by atoms with Gasteiger partial charge in [-0.05, 0) is 68.9 Å². The number of rotatable bonds is 6. The summed E-state index contributed by atoms with van der Waals surface area (Å²) in [7, 11) is 3.91. The van der Waals surface area contributed by atoms with Crippen LogP contribution in [0.4, 0.5) is 0 Å². The fraction of sp³-hybridized carbons (Fsp3) is 0.667. The molecule has 0 N–H and O–H groups in total. The van der Waals surface area contributed by atoms with E-state index in [1.807, 2.05) is 0 Å². The fourth-order valence-electron chi connectivity index (χ4n) is 2.87. The summed E-state index contributed by atoms with van der Waals surface area (Å²) in [5, 5.41) is 0. The quantitative estimate of drug-likeness (QED) is 0.799. The van der Waals surface area contributed by atoms with Crippen molar-refractivity contribution in [3.8, 4) is 11.5 Å². The topological polar surface area (TPSA) is 21.7 Å². The van der Waals surface area contributed by atoms with E-state index in [1.165, 1.54) is 31.5 Å². The number of ether oxygens (including phenoxy) is 2. The molecule has 0 radical (unpaired) electrons. The van der Waals surface area contributed by atoms with Gasteiger partial charge >= 0.3 is 0 Å². The number of methoxy groups -OCH3 is 1. The molecule has 2 rings (SSSR count). The first-order chi connectivity index (χ1) is 10.1. The van der Waals surface area contributed by atoms with Crippen molar-refractivity contribution in [3.05, 3.63) is 23.8 Å². The highest BCUT2D eigenvalue weighted by Gasteiger charge is 2.18. The maximum atomic E-state index is 6.02. The lowest BCUT2D eigenvalue weighted by molar-refractivity contribution is 0.157. The molecule has 1 fully saturated rings. The molecule has 1 heterocycles. The highest BCUT2D eigenvalue weighted by Crippen LogP contribution is 2.30. The van der Waals surface area contributed by atoms with E-state index in [0.717, 1.165) is 24.5 Å². The van der Waals surface area contributed by atoms with Crippen LogP contribution in [0.1, 0.15) is 32.3 Å². The Morgan fingerprint density at radius 2 is 1.90 bits per heavy atom. The zero-order valence-corrected chi connectivity index (χ0v) is 13.9. The third-order valence-corrected chi connectivity index (χ3v) is 4.18. The van der Waals surface area contributed by atoms with Gasteiger partial charge in [0.1, 0.15) is 0 Å². The van der Waals surface area contributed by atoms with Crippen molar-refractivity contribution in [2.75, 3.05) is 33.9 Å². The normalized spacial score (nSPS) is 17.2. The zero-order chi connectivity index (χ0) is 15.2. The van der Waals surface area contributed by atoms with Crippen molar-refractivity contribution < 1.29 is 9.47 Å². The van der Waals surface area contributed by atoms with Crippen LogP contribution < -0.4 is 9.47 Å². The lowest BCUT2D eigenvalue weighted by Crippen LogP contribution is -2.32. The molecule has 1 aromatic rings. The summed E-state index contributed by atoms with van der Waals surface area (Å²) in [5.74, 6) is 3.06. The minimum Gasteiger partial charge on any atom is -0.493 e. The van der Waals surface area contributed by atoms with Crippen LogP contribution in [-0.4, -0.2) is 38.8 Å². The van der Waals surface area contributed by atoms with E-state index < -0.39 is 0 Å². The molecule has 1 aromatic carbocycles. The van der Waals surface area contributed by atoms with Gasteiger partial charge in [0.15, 0.2) is 11.5 Å². The van der Waals surface area contributed by atoms with Crippen molar-refractivity contribution in [2.45, 2.75) is 33.1 Å². The Bertz CT molecular complexity index is 437. The van der Waals surface area contributed by atoms with Crippen molar-refractivity contribution in [2.24, 2.45) is 11.8 Å². The van der Waals surface area contributed by atoms with Gasteiger partial charge in [0.05, 0.1) is 13.7 Å². The molecule has 0 saturated carbocycles. The number of nitrogens with zero attached hydrogens (tertiary/aromatic N) is 1. The molecular formula is C18H29NO2. The molecule has 118 valence electrons. The van der Waals surface area contributed by atoms with Gasteiger partial charge in [0.25, 0.3) is 0 Å². The smallest absolute Gasteiger partial charge is 0.161 e. The average Bonchev–Trinajstić information content (AvgIpc) is 2.47. The van der Waals surface area contributed by atoms with Crippen LogP contribution in [-0.2, 0) is 6.42 Å². The number of hydrogen-bond acceptors (Lipinski definition) is 3. The molecule has 0 bridgehead atoms. The molecule has 3 nitrogen and oxygen atoms in total. The van der Waals surface area contributed by atoms with Crippen LogP contribution >= 0.6 is 0 Å². The number of hydrogen-bond donors (Lipinski definition) is 0. The van der Waals surface area contributed by atoms with Gasteiger partial charge in [-0.15, -0.1) is 0 Å². The third-order valence-electron chi connectivity index (χ3n) is 4.18. The minimum atomic E-state index is 0.653. The Labute approximate surface area is 129 Å². The number of benzene rings is 1. The van der Waals surface area contributed by atoms with Crippen LogP contribution in [0.3, 0.4) is 0 Å². The van der Waals surface area contributed by atoms with Gasteiger partial charge in [0, 0.05) is 0 Å². The Balaban J connectivity index is 1.93. The van der Waals surface area contributed by atoms with Crippen molar-refractivity contribution in [1.29, 1.82) is 0 Å². The van der Waals surface area contributed by atoms with Crippen molar-refractivity contribution in [1.82, 2.24) is 4.90 Å². The molecule has 0 spiro atoms. The van der Waals surface area contributed by atoms with Crippen molar-refractivity contribution >= 4 is 0 Å².